The predicted molar refractivity (Wildman–Crippen MR) is 55.3 cm³/mol. The highest BCUT2D eigenvalue weighted by molar-refractivity contribution is 7.90. The van der Waals surface area contributed by atoms with Gasteiger partial charge in [-0.25, -0.2) is 13.1 Å². The molecule has 6 nitrogen and oxygen atoms in total. The maximum atomic E-state index is 11.1. The molecular formula is C9H11NO5S. The summed E-state index contributed by atoms with van der Waals surface area (Å²) in [5, 5.41) is 15.2. The number of aliphatic hydroxyl groups is 2. The lowest BCUT2D eigenvalue weighted by Gasteiger charge is -1.91. The van der Waals surface area contributed by atoms with Crippen LogP contribution in [0.15, 0.2) is 29.2 Å². The van der Waals surface area contributed by atoms with Crippen LogP contribution in [-0.2, 0) is 10.0 Å². The molecule has 1 heterocycles. The molecule has 0 fully saturated rings. The van der Waals surface area contributed by atoms with Crippen molar-refractivity contribution in [2.45, 2.75) is 4.90 Å². The van der Waals surface area contributed by atoms with Gasteiger partial charge in [-0.3, -0.25) is 4.79 Å². The van der Waals surface area contributed by atoms with Gasteiger partial charge in [0.25, 0.3) is 15.9 Å². The Kier molecular flexibility index (Phi) is 3.99. The first-order chi connectivity index (χ1) is 7.53. The number of fused-ring (bicyclic) bond motifs is 1. The lowest BCUT2D eigenvalue weighted by molar-refractivity contribution is 0.0985. The van der Waals surface area contributed by atoms with Crippen molar-refractivity contribution in [3.63, 3.8) is 0 Å². The Balaban J connectivity index is 0.000000280. The van der Waals surface area contributed by atoms with Gasteiger partial charge in [0.15, 0.2) is 0 Å². The molecule has 1 aliphatic rings. The third-order valence-electron chi connectivity index (χ3n) is 1.75. The molecule has 0 unspecified atom stereocenters. The molecule has 0 radical (unpaired) electrons. The highest BCUT2D eigenvalue weighted by atomic mass is 32.2. The largest absolute Gasteiger partial charge is 0.394 e. The van der Waals surface area contributed by atoms with Crippen LogP contribution < -0.4 is 4.72 Å². The van der Waals surface area contributed by atoms with Gasteiger partial charge in [0.05, 0.1) is 18.8 Å². The Hall–Kier alpha value is -1.44. The van der Waals surface area contributed by atoms with E-state index in [1.54, 1.807) is 12.1 Å². The Morgan fingerprint density at radius 3 is 2.19 bits per heavy atom. The molecular weight excluding hydrogens is 234 g/mol. The molecule has 0 saturated heterocycles. The summed E-state index contributed by atoms with van der Waals surface area (Å²) < 4.78 is 24.2. The number of carbonyl (C=O) groups is 1. The van der Waals surface area contributed by atoms with Gasteiger partial charge in [-0.1, -0.05) is 12.1 Å². The van der Waals surface area contributed by atoms with Crippen LogP contribution in [0.3, 0.4) is 0 Å². The fourth-order valence-electron chi connectivity index (χ4n) is 1.12. The van der Waals surface area contributed by atoms with E-state index in [0.717, 1.165) is 0 Å². The molecule has 0 bridgehead atoms. The van der Waals surface area contributed by atoms with Gasteiger partial charge in [0, 0.05) is 0 Å². The van der Waals surface area contributed by atoms with Crippen molar-refractivity contribution in [1.29, 1.82) is 0 Å². The second-order valence-corrected chi connectivity index (χ2v) is 4.53. The van der Waals surface area contributed by atoms with Crippen LogP contribution >= 0.6 is 0 Å². The molecule has 0 aromatic heterocycles. The van der Waals surface area contributed by atoms with Gasteiger partial charge >= 0.3 is 0 Å². The second kappa shape index (κ2) is 5.06. The number of amides is 1. The minimum Gasteiger partial charge on any atom is -0.394 e. The molecule has 2 rings (SSSR count). The summed E-state index contributed by atoms with van der Waals surface area (Å²) in [7, 11) is -3.55. The number of hydrogen-bond donors (Lipinski definition) is 3. The number of nitrogens with one attached hydrogen (secondary N) is 1. The van der Waals surface area contributed by atoms with E-state index in [-0.39, 0.29) is 23.7 Å². The van der Waals surface area contributed by atoms with Crippen LogP contribution in [0.25, 0.3) is 0 Å². The van der Waals surface area contributed by atoms with E-state index in [4.69, 9.17) is 10.2 Å². The van der Waals surface area contributed by atoms with Gasteiger partial charge in [-0.15, -0.1) is 0 Å². The minimum atomic E-state index is -3.55. The fourth-order valence-corrected chi connectivity index (χ4v) is 2.29. The second-order valence-electron chi connectivity index (χ2n) is 2.88. The average Bonchev–Trinajstić information content (AvgIpc) is 2.51. The van der Waals surface area contributed by atoms with Crippen molar-refractivity contribution < 1.29 is 23.4 Å². The first-order valence-electron chi connectivity index (χ1n) is 4.41. The Labute approximate surface area is 92.6 Å². The molecule has 16 heavy (non-hydrogen) atoms. The summed E-state index contributed by atoms with van der Waals surface area (Å²) in [4.78, 5) is 11.1. The lowest BCUT2D eigenvalue weighted by atomic mass is 10.2. The van der Waals surface area contributed by atoms with Crippen molar-refractivity contribution in [2.75, 3.05) is 13.2 Å². The molecule has 1 aromatic rings. The molecule has 88 valence electrons. The van der Waals surface area contributed by atoms with E-state index in [9.17, 15) is 13.2 Å². The van der Waals surface area contributed by atoms with Gasteiger partial charge < -0.3 is 10.2 Å². The van der Waals surface area contributed by atoms with Crippen molar-refractivity contribution in [2.24, 2.45) is 0 Å². The molecule has 1 aliphatic heterocycles. The molecule has 0 atom stereocenters. The molecule has 1 amide bonds. The van der Waals surface area contributed by atoms with Crippen LogP contribution in [-0.4, -0.2) is 37.8 Å². The quantitative estimate of drug-likeness (QED) is 0.594. The Morgan fingerprint density at radius 1 is 1.12 bits per heavy atom. The summed E-state index contributed by atoms with van der Waals surface area (Å²) in [6, 6.07) is 6.09. The average molecular weight is 245 g/mol. The standard InChI is InChI=1S/C7H5NO3S.C2H6O2/c9-7-5-3-1-2-4-6(5)12(10,11)8-7;3-1-2-4/h1-4H,(H,8,9);3-4H,1-2H2. The Morgan fingerprint density at radius 2 is 1.69 bits per heavy atom. The molecule has 7 heteroatoms. The normalized spacial score (nSPS) is 15.8. The zero-order chi connectivity index (χ0) is 12.2. The summed E-state index contributed by atoms with van der Waals surface area (Å²) >= 11 is 0. The monoisotopic (exact) mass is 245 g/mol. The van der Waals surface area contributed by atoms with Crippen molar-refractivity contribution in [3.05, 3.63) is 29.8 Å². The SMILES string of the molecule is O=C1NS(=O)(=O)c2ccccc21.OCCO. The molecule has 0 aliphatic carbocycles. The number of rotatable bonds is 1. The lowest BCUT2D eigenvalue weighted by Crippen LogP contribution is -2.20. The first kappa shape index (κ1) is 12.6. The summed E-state index contributed by atoms with van der Waals surface area (Å²) in [5.41, 5.74) is 0.220. The number of sulfonamides is 1. The maximum absolute atomic E-state index is 11.1. The third-order valence-corrected chi connectivity index (χ3v) is 3.14. The van der Waals surface area contributed by atoms with Crippen LogP contribution in [0.2, 0.25) is 0 Å². The van der Waals surface area contributed by atoms with Crippen LogP contribution in [0, 0.1) is 0 Å². The Bertz CT molecular complexity index is 480. The molecule has 0 saturated carbocycles. The van der Waals surface area contributed by atoms with Gasteiger partial charge in [0.1, 0.15) is 4.90 Å². The van der Waals surface area contributed by atoms with Crippen LogP contribution in [0.5, 0.6) is 0 Å². The van der Waals surface area contributed by atoms with Gasteiger partial charge in [-0.05, 0) is 12.1 Å². The minimum absolute atomic E-state index is 0.0648. The van der Waals surface area contributed by atoms with Crippen molar-refractivity contribution >= 4 is 15.9 Å². The van der Waals surface area contributed by atoms with E-state index in [1.807, 2.05) is 4.72 Å². The smallest absolute Gasteiger partial charge is 0.266 e. The van der Waals surface area contributed by atoms with E-state index in [0.29, 0.717) is 0 Å². The highest BCUT2D eigenvalue weighted by Gasteiger charge is 2.31. The number of aliphatic hydroxyl groups excluding tert-OH is 2. The van der Waals surface area contributed by atoms with E-state index >= 15 is 0 Å². The van der Waals surface area contributed by atoms with E-state index in [2.05, 4.69) is 0 Å². The predicted octanol–water partition coefficient (Wildman–Crippen LogP) is -0.910. The number of hydrogen-bond acceptors (Lipinski definition) is 5. The summed E-state index contributed by atoms with van der Waals surface area (Å²) in [6.07, 6.45) is 0. The number of benzene rings is 1. The van der Waals surface area contributed by atoms with Crippen molar-refractivity contribution in [1.82, 2.24) is 4.72 Å². The van der Waals surface area contributed by atoms with Gasteiger partial charge in [0.2, 0.25) is 0 Å². The maximum Gasteiger partial charge on any atom is 0.266 e. The molecule has 3 N–H and O–H groups in total. The molecule has 1 aromatic carbocycles. The first-order valence-corrected chi connectivity index (χ1v) is 5.89. The topological polar surface area (TPSA) is 104 Å². The van der Waals surface area contributed by atoms with Crippen molar-refractivity contribution in [3.8, 4) is 0 Å². The summed E-state index contributed by atoms with van der Waals surface area (Å²) in [6.45, 7) is -0.250. The fraction of sp³-hybridized carbons (Fsp3) is 0.222. The zero-order valence-electron chi connectivity index (χ0n) is 8.25. The zero-order valence-corrected chi connectivity index (χ0v) is 9.07. The van der Waals surface area contributed by atoms with E-state index < -0.39 is 15.9 Å². The summed E-state index contributed by atoms with van der Waals surface area (Å²) in [5.74, 6) is -0.550. The third kappa shape index (κ3) is 2.57. The van der Waals surface area contributed by atoms with Crippen LogP contribution in [0.4, 0.5) is 0 Å². The van der Waals surface area contributed by atoms with Gasteiger partial charge in [-0.2, -0.15) is 0 Å². The molecule has 0 spiro atoms. The highest BCUT2D eigenvalue weighted by Crippen LogP contribution is 2.20. The number of carbonyl (C=O) groups excluding carboxylic acids is 1. The van der Waals surface area contributed by atoms with Crippen LogP contribution in [0.1, 0.15) is 10.4 Å². The van der Waals surface area contributed by atoms with E-state index in [1.165, 1.54) is 12.1 Å².